The molecule has 0 saturated carbocycles. The summed E-state index contributed by atoms with van der Waals surface area (Å²) < 4.78 is 60.6. The van der Waals surface area contributed by atoms with E-state index in [1.165, 1.54) is 36.7 Å². The van der Waals surface area contributed by atoms with Gasteiger partial charge in [0, 0.05) is 44.2 Å². The Morgan fingerprint density at radius 2 is 1.93 bits per heavy atom. The Morgan fingerprint density at radius 3 is 2.63 bits per heavy atom. The monoisotopic (exact) mass is 602 g/mol. The maximum atomic E-state index is 15.0. The van der Waals surface area contributed by atoms with Crippen LogP contribution in [0.4, 0.5) is 46.4 Å². The van der Waals surface area contributed by atoms with Gasteiger partial charge >= 0.3 is 6.18 Å². The highest BCUT2D eigenvalue weighted by molar-refractivity contribution is 6.01. The van der Waals surface area contributed by atoms with Gasteiger partial charge in [-0.15, -0.1) is 0 Å². The minimum absolute atomic E-state index is 0.144. The molecule has 0 radical (unpaired) electrons. The largest absolute Gasteiger partial charge is 0.479 e. The molecule has 228 valence electrons. The normalized spacial score (nSPS) is 17.6. The van der Waals surface area contributed by atoms with Crippen molar-refractivity contribution in [3.8, 4) is 5.88 Å². The fourth-order valence-corrected chi connectivity index (χ4v) is 4.95. The van der Waals surface area contributed by atoms with E-state index in [0.717, 1.165) is 19.2 Å². The standard InChI is InChI=1S/C28H30F4N8O3/c1-4-24(41)36-19-14-20(27(42-3)37-26(19)39-11-9-38(2)10-12-39)35-22-15-23(34-16-33-22)40-21(8-13-43-40)17-6-5-7-18(25(17)29)28(30,31)32/h4-7,14-16,21H,1,8-13H2,2-3H3,(H,36,41)(H,33,34,35). The van der Waals surface area contributed by atoms with Gasteiger partial charge in [-0.05, 0) is 25.3 Å². The summed E-state index contributed by atoms with van der Waals surface area (Å²) in [6, 6.07) is 5.47. The number of nitrogens with one attached hydrogen (secondary N) is 2. The number of amides is 1. The molecular formula is C28H30F4N8O3. The van der Waals surface area contributed by atoms with E-state index in [2.05, 4.69) is 37.1 Å². The molecule has 1 aromatic carbocycles. The van der Waals surface area contributed by atoms with Gasteiger partial charge in [0.2, 0.25) is 11.8 Å². The number of halogens is 4. The van der Waals surface area contributed by atoms with Crippen LogP contribution in [0, 0.1) is 5.82 Å². The Kier molecular flexibility index (Phi) is 8.64. The first-order valence-electron chi connectivity index (χ1n) is 13.4. The number of benzene rings is 1. The molecule has 43 heavy (non-hydrogen) atoms. The summed E-state index contributed by atoms with van der Waals surface area (Å²) in [7, 11) is 3.49. The number of anilines is 5. The van der Waals surface area contributed by atoms with Crippen LogP contribution in [0.25, 0.3) is 0 Å². The average Bonchev–Trinajstić information content (AvgIpc) is 3.47. The van der Waals surface area contributed by atoms with Crippen molar-refractivity contribution >= 4 is 34.7 Å². The SMILES string of the molecule is C=CC(=O)Nc1cc(Nc2cc(N3OCCC3c3cccc(C(F)(F)F)c3F)ncn2)c(OC)nc1N1CCN(C)CC1. The summed E-state index contributed by atoms with van der Waals surface area (Å²) in [5.74, 6) is -0.558. The van der Waals surface area contributed by atoms with Gasteiger partial charge in [0.25, 0.3) is 0 Å². The van der Waals surface area contributed by atoms with Crippen LogP contribution in [0.3, 0.4) is 0 Å². The predicted molar refractivity (Wildman–Crippen MR) is 152 cm³/mol. The van der Waals surface area contributed by atoms with Gasteiger partial charge < -0.3 is 25.2 Å². The van der Waals surface area contributed by atoms with Crippen molar-refractivity contribution in [3.05, 3.63) is 66.3 Å². The molecule has 2 aliphatic heterocycles. The molecular weight excluding hydrogens is 572 g/mol. The van der Waals surface area contributed by atoms with E-state index in [1.54, 1.807) is 6.07 Å². The fraction of sp³-hybridized carbons (Fsp3) is 0.357. The lowest BCUT2D eigenvalue weighted by molar-refractivity contribution is -0.140. The van der Waals surface area contributed by atoms with Crippen molar-refractivity contribution in [2.45, 2.75) is 18.6 Å². The van der Waals surface area contributed by atoms with E-state index in [4.69, 9.17) is 9.57 Å². The van der Waals surface area contributed by atoms with Gasteiger partial charge in [-0.3, -0.25) is 9.63 Å². The van der Waals surface area contributed by atoms with Gasteiger partial charge in [-0.2, -0.15) is 18.2 Å². The summed E-state index contributed by atoms with van der Waals surface area (Å²) in [5, 5.41) is 7.17. The first-order valence-corrected chi connectivity index (χ1v) is 13.4. The van der Waals surface area contributed by atoms with Crippen molar-refractivity contribution in [1.29, 1.82) is 0 Å². The third-order valence-electron chi connectivity index (χ3n) is 7.15. The molecule has 11 nitrogen and oxygen atoms in total. The zero-order chi connectivity index (χ0) is 30.7. The van der Waals surface area contributed by atoms with Crippen LogP contribution in [-0.2, 0) is 15.8 Å². The third kappa shape index (κ3) is 6.46. The molecule has 0 bridgehead atoms. The smallest absolute Gasteiger partial charge is 0.419 e. The Hall–Kier alpha value is -4.50. The highest BCUT2D eigenvalue weighted by atomic mass is 19.4. The second kappa shape index (κ2) is 12.4. The van der Waals surface area contributed by atoms with Gasteiger partial charge in [0.15, 0.2) is 11.6 Å². The first kappa shape index (κ1) is 30.0. The van der Waals surface area contributed by atoms with Crippen molar-refractivity contribution in [3.63, 3.8) is 0 Å². The van der Waals surface area contributed by atoms with Gasteiger partial charge in [0.05, 0.1) is 31.0 Å². The Bertz CT molecular complexity index is 1500. The van der Waals surface area contributed by atoms with Crippen LogP contribution in [0.1, 0.15) is 23.6 Å². The maximum absolute atomic E-state index is 15.0. The Labute approximate surface area is 245 Å². The number of hydrogen-bond acceptors (Lipinski definition) is 10. The summed E-state index contributed by atoms with van der Waals surface area (Å²) in [6.07, 6.45) is -2.21. The predicted octanol–water partition coefficient (Wildman–Crippen LogP) is 4.54. The zero-order valence-corrected chi connectivity index (χ0v) is 23.5. The summed E-state index contributed by atoms with van der Waals surface area (Å²) in [6.45, 7) is 6.67. The second-order valence-electron chi connectivity index (χ2n) is 9.96. The maximum Gasteiger partial charge on any atom is 0.419 e. The summed E-state index contributed by atoms with van der Waals surface area (Å²) >= 11 is 0. The lowest BCUT2D eigenvalue weighted by Crippen LogP contribution is -2.45. The number of nitrogens with zero attached hydrogens (tertiary/aromatic N) is 6. The van der Waals surface area contributed by atoms with Crippen LogP contribution in [-0.4, -0.2) is 72.7 Å². The Balaban J connectivity index is 1.45. The number of ether oxygens (including phenoxy) is 1. The number of methoxy groups -OCH3 is 1. The van der Waals surface area contributed by atoms with E-state index >= 15 is 0 Å². The minimum Gasteiger partial charge on any atom is -0.479 e. The van der Waals surface area contributed by atoms with Gasteiger partial charge in [-0.1, -0.05) is 18.7 Å². The van der Waals surface area contributed by atoms with Crippen LogP contribution in [0.2, 0.25) is 0 Å². The lowest BCUT2D eigenvalue weighted by atomic mass is 10.0. The van der Waals surface area contributed by atoms with E-state index < -0.39 is 29.5 Å². The quantitative estimate of drug-likeness (QED) is 0.282. The fourth-order valence-electron chi connectivity index (χ4n) is 4.95. The number of carbonyl (C=O) groups excluding carboxylic acids is 1. The molecule has 1 unspecified atom stereocenters. The number of rotatable bonds is 8. The molecule has 3 aromatic rings. The molecule has 0 aliphatic carbocycles. The molecule has 0 spiro atoms. The average molecular weight is 603 g/mol. The molecule has 2 fully saturated rings. The molecule has 2 aromatic heterocycles. The number of aromatic nitrogens is 3. The lowest BCUT2D eigenvalue weighted by Gasteiger charge is -2.34. The molecule has 1 atom stereocenters. The molecule has 2 saturated heterocycles. The van der Waals surface area contributed by atoms with Crippen LogP contribution < -0.4 is 25.3 Å². The molecule has 1 amide bonds. The first-order chi connectivity index (χ1) is 20.6. The van der Waals surface area contributed by atoms with E-state index in [9.17, 15) is 22.4 Å². The minimum atomic E-state index is -4.84. The number of hydrogen-bond donors (Lipinski definition) is 2. The van der Waals surface area contributed by atoms with E-state index in [0.29, 0.717) is 36.3 Å². The van der Waals surface area contributed by atoms with Crippen molar-refractivity contribution < 1.29 is 31.9 Å². The topological polar surface area (TPSA) is 108 Å². The molecule has 2 N–H and O–H groups in total. The van der Waals surface area contributed by atoms with Crippen molar-refractivity contribution in [1.82, 2.24) is 19.9 Å². The molecule has 15 heteroatoms. The summed E-state index contributed by atoms with van der Waals surface area (Å²) in [4.78, 5) is 35.3. The number of piperazine rings is 1. The summed E-state index contributed by atoms with van der Waals surface area (Å²) in [5.41, 5.74) is -0.712. The van der Waals surface area contributed by atoms with E-state index in [-0.39, 0.29) is 36.1 Å². The Morgan fingerprint density at radius 1 is 1.16 bits per heavy atom. The molecule has 4 heterocycles. The van der Waals surface area contributed by atoms with Gasteiger partial charge in [0.1, 0.15) is 23.6 Å². The molecule has 5 rings (SSSR count). The molecule has 2 aliphatic rings. The van der Waals surface area contributed by atoms with Crippen LogP contribution in [0.15, 0.2) is 49.3 Å². The van der Waals surface area contributed by atoms with Gasteiger partial charge in [-0.25, -0.2) is 19.4 Å². The highest BCUT2D eigenvalue weighted by Crippen LogP contribution is 2.40. The van der Waals surface area contributed by atoms with E-state index in [1.807, 2.05) is 11.9 Å². The van der Waals surface area contributed by atoms with Crippen molar-refractivity contribution in [2.24, 2.45) is 0 Å². The highest BCUT2D eigenvalue weighted by Gasteiger charge is 2.38. The number of likely N-dealkylation sites (N-methyl/N-ethyl adjacent to an activating group) is 1. The number of hydroxylamine groups is 1. The van der Waals surface area contributed by atoms with Crippen LogP contribution >= 0.6 is 0 Å². The number of pyridine rings is 1. The van der Waals surface area contributed by atoms with Crippen LogP contribution in [0.5, 0.6) is 5.88 Å². The number of alkyl halides is 3. The third-order valence-corrected chi connectivity index (χ3v) is 7.15. The number of carbonyl (C=O) groups is 1. The second-order valence-corrected chi connectivity index (χ2v) is 9.96. The van der Waals surface area contributed by atoms with Crippen molar-refractivity contribution in [2.75, 3.05) is 67.5 Å². The zero-order valence-electron chi connectivity index (χ0n) is 23.5.